The Morgan fingerprint density at radius 3 is 2.17 bits per heavy atom. The number of nitrogens with one attached hydrogen (secondary N) is 2. The summed E-state index contributed by atoms with van der Waals surface area (Å²) < 4.78 is 27.4. The first kappa shape index (κ1) is 22.0. The standard InChI is InChI=1S/C21H28N4O4S/c1-13(2)25(14(3)26)12-19(22-4)30(28,29)24-21(27)23-20-17-9-5-7-15(17)11-16-8-6-10-18(16)20/h11-13H,4-10H2,1-3H3,(H2,23,24,27)/b19-12+. The number of amides is 3. The Bertz CT molecular complexity index is 996. The van der Waals surface area contributed by atoms with Crippen LogP contribution in [-0.4, -0.2) is 38.0 Å². The summed E-state index contributed by atoms with van der Waals surface area (Å²) in [6.07, 6.45) is 6.82. The van der Waals surface area contributed by atoms with Crippen molar-refractivity contribution in [2.75, 3.05) is 5.32 Å². The second-order valence-corrected chi connectivity index (χ2v) is 9.57. The monoisotopic (exact) mass is 432 g/mol. The number of hydrogen-bond donors (Lipinski definition) is 2. The zero-order valence-corrected chi connectivity index (χ0v) is 18.4. The summed E-state index contributed by atoms with van der Waals surface area (Å²) in [5.41, 5.74) is 5.41. The Kier molecular flexibility index (Phi) is 6.30. The topological polar surface area (TPSA) is 108 Å². The Hall–Kier alpha value is -2.68. The lowest BCUT2D eigenvalue weighted by atomic mass is 9.99. The van der Waals surface area contributed by atoms with Crippen molar-refractivity contribution in [1.82, 2.24) is 9.62 Å². The van der Waals surface area contributed by atoms with E-state index in [0.29, 0.717) is 0 Å². The van der Waals surface area contributed by atoms with Gasteiger partial charge in [-0.25, -0.2) is 14.5 Å². The minimum atomic E-state index is -4.31. The van der Waals surface area contributed by atoms with Crippen LogP contribution in [0.4, 0.5) is 10.5 Å². The highest BCUT2D eigenvalue weighted by molar-refractivity contribution is 7.93. The predicted octanol–water partition coefficient (Wildman–Crippen LogP) is 2.87. The van der Waals surface area contributed by atoms with Gasteiger partial charge in [-0.3, -0.25) is 4.79 Å². The zero-order chi connectivity index (χ0) is 22.1. The van der Waals surface area contributed by atoms with Crippen LogP contribution in [0.3, 0.4) is 0 Å². The molecule has 0 radical (unpaired) electrons. The van der Waals surface area contributed by atoms with E-state index in [0.717, 1.165) is 61.5 Å². The van der Waals surface area contributed by atoms with Gasteiger partial charge in [0.05, 0.1) is 0 Å². The largest absolute Gasteiger partial charge is 0.333 e. The number of rotatable bonds is 6. The van der Waals surface area contributed by atoms with Crippen molar-refractivity contribution in [3.8, 4) is 0 Å². The second kappa shape index (κ2) is 8.59. The first-order valence-electron chi connectivity index (χ1n) is 10.1. The van der Waals surface area contributed by atoms with Gasteiger partial charge in [0, 0.05) is 24.9 Å². The average molecular weight is 433 g/mol. The summed E-state index contributed by atoms with van der Waals surface area (Å²) in [5.74, 6) is -0.346. The lowest BCUT2D eigenvalue weighted by molar-refractivity contribution is -0.127. The van der Waals surface area contributed by atoms with Gasteiger partial charge in [-0.2, -0.15) is 8.42 Å². The van der Waals surface area contributed by atoms with Gasteiger partial charge in [-0.05, 0) is 81.3 Å². The fourth-order valence-corrected chi connectivity index (χ4v) is 5.02. The number of fused-ring (bicyclic) bond motifs is 2. The molecular formula is C21H28N4O4S. The number of benzene rings is 1. The SMILES string of the molecule is C=N/C(=C\N(C(C)=O)C(C)C)S(=O)(=O)NC(=O)Nc1c2c(cc3c1CCC3)CCC2. The van der Waals surface area contributed by atoms with Crippen molar-refractivity contribution in [3.05, 3.63) is 39.5 Å². The van der Waals surface area contributed by atoms with E-state index in [1.54, 1.807) is 13.8 Å². The molecule has 30 heavy (non-hydrogen) atoms. The van der Waals surface area contributed by atoms with Crippen LogP contribution < -0.4 is 10.0 Å². The van der Waals surface area contributed by atoms with Crippen molar-refractivity contribution in [2.45, 2.75) is 65.3 Å². The minimum absolute atomic E-state index is 0.280. The molecule has 2 N–H and O–H groups in total. The molecule has 0 saturated heterocycles. The summed E-state index contributed by atoms with van der Waals surface area (Å²) in [6, 6.07) is 1.10. The van der Waals surface area contributed by atoms with Gasteiger partial charge in [-0.15, -0.1) is 0 Å². The molecule has 2 aliphatic rings. The predicted molar refractivity (Wildman–Crippen MR) is 117 cm³/mol. The highest BCUT2D eigenvalue weighted by Crippen LogP contribution is 2.38. The maximum absolute atomic E-state index is 12.7. The van der Waals surface area contributed by atoms with Crippen LogP contribution in [0.5, 0.6) is 0 Å². The molecule has 3 rings (SSSR count). The molecule has 3 amide bonds. The Balaban J connectivity index is 1.84. The third-order valence-electron chi connectivity index (χ3n) is 5.54. The van der Waals surface area contributed by atoms with Gasteiger partial charge in [0.2, 0.25) is 5.91 Å². The summed E-state index contributed by atoms with van der Waals surface area (Å²) in [7, 11) is -4.31. The van der Waals surface area contributed by atoms with Gasteiger partial charge in [0.1, 0.15) is 0 Å². The normalized spacial score (nSPS) is 15.5. The van der Waals surface area contributed by atoms with Gasteiger partial charge in [-0.1, -0.05) is 6.07 Å². The Morgan fingerprint density at radius 2 is 1.70 bits per heavy atom. The van der Waals surface area contributed by atoms with Crippen LogP contribution in [0.1, 0.15) is 55.9 Å². The maximum atomic E-state index is 12.7. The van der Waals surface area contributed by atoms with E-state index in [1.807, 2.05) is 4.72 Å². The number of carbonyl (C=O) groups excluding carboxylic acids is 2. The molecule has 0 aliphatic heterocycles. The van der Waals surface area contributed by atoms with Crippen molar-refractivity contribution < 1.29 is 18.0 Å². The molecule has 0 spiro atoms. The Labute approximate surface area is 177 Å². The fourth-order valence-electron chi connectivity index (χ4n) is 4.20. The van der Waals surface area contributed by atoms with Gasteiger partial charge in [0.25, 0.3) is 10.0 Å². The van der Waals surface area contributed by atoms with E-state index in [4.69, 9.17) is 0 Å². The molecule has 0 heterocycles. The van der Waals surface area contributed by atoms with Gasteiger partial charge >= 0.3 is 6.03 Å². The van der Waals surface area contributed by atoms with Crippen molar-refractivity contribution in [2.24, 2.45) is 4.99 Å². The zero-order valence-electron chi connectivity index (χ0n) is 17.6. The van der Waals surface area contributed by atoms with E-state index < -0.39 is 21.1 Å². The molecule has 9 heteroatoms. The number of aliphatic imine (C=N–C) groups is 1. The molecule has 0 bridgehead atoms. The third-order valence-corrected chi connectivity index (χ3v) is 6.78. The van der Waals surface area contributed by atoms with Crippen molar-refractivity contribution >= 4 is 34.4 Å². The summed E-state index contributed by atoms with van der Waals surface area (Å²) in [4.78, 5) is 29.1. The summed E-state index contributed by atoms with van der Waals surface area (Å²) >= 11 is 0. The number of carbonyl (C=O) groups is 2. The maximum Gasteiger partial charge on any atom is 0.333 e. The number of aryl methyl sites for hydroxylation is 2. The van der Waals surface area contributed by atoms with Gasteiger partial charge < -0.3 is 10.2 Å². The number of sulfonamides is 1. The molecule has 8 nitrogen and oxygen atoms in total. The first-order chi connectivity index (χ1) is 14.1. The van der Waals surface area contributed by atoms with E-state index in [1.165, 1.54) is 23.0 Å². The van der Waals surface area contributed by atoms with Crippen LogP contribution in [0.25, 0.3) is 0 Å². The fraction of sp³-hybridized carbons (Fsp3) is 0.476. The number of anilines is 1. The molecule has 162 valence electrons. The molecule has 0 saturated carbocycles. The van der Waals surface area contributed by atoms with Crippen LogP contribution in [-0.2, 0) is 40.5 Å². The minimum Gasteiger partial charge on any atom is -0.314 e. The highest BCUT2D eigenvalue weighted by atomic mass is 32.2. The molecule has 1 aromatic rings. The molecular weight excluding hydrogens is 404 g/mol. The number of nitrogens with zero attached hydrogens (tertiary/aromatic N) is 2. The van der Waals surface area contributed by atoms with Crippen LogP contribution in [0.2, 0.25) is 0 Å². The summed E-state index contributed by atoms with van der Waals surface area (Å²) in [6.45, 7) is 8.07. The summed E-state index contributed by atoms with van der Waals surface area (Å²) in [5, 5.41) is 2.28. The lowest BCUT2D eigenvalue weighted by Gasteiger charge is -2.21. The Morgan fingerprint density at radius 1 is 1.13 bits per heavy atom. The quantitative estimate of drug-likeness (QED) is 0.674. The first-order valence-corrected chi connectivity index (χ1v) is 11.6. The lowest BCUT2D eigenvalue weighted by Crippen LogP contribution is -2.37. The molecule has 1 aromatic carbocycles. The van der Waals surface area contributed by atoms with Gasteiger partial charge in [0.15, 0.2) is 5.03 Å². The van der Waals surface area contributed by atoms with E-state index in [-0.39, 0.29) is 11.9 Å². The molecule has 2 aliphatic carbocycles. The van der Waals surface area contributed by atoms with Crippen molar-refractivity contribution in [1.29, 1.82) is 0 Å². The number of urea groups is 1. The van der Waals surface area contributed by atoms with E-state index in [2.05, 4.69) is 23.1 Å². The highest BCUT2D eigenvalue weighted by Gasteiger charge is 2.27. The van der Waals surface area contributed by atoms with Crippen LogP contribution >= 0.6 is 0 Å². The molecule has 0 fully saturated rings. The van der Waals surface area contributed by atoms with E-state index >= 15 is 0 Å². The van der Waals surface area contributed by atoms with Crippen LogP contribution in [0, 0.1) is 0 Å². The van der Waals surface area contributed by atoms with Crippen molar-refractivity contribution in [3.63, 3.8) is 0 Å². The smallest absolute Gasteiger partial charge is 0.314 e. The molecule has 0 atom stereocenters. The molecule has 0 aromatic heterocycles. The third kappa shape index (κ3) is 4.40. The van der Waals surface area contributed by atoms with E-state index in [9.17, 15) is 18.0 Å². The molecule has 0 unspecified atom stereocenters. The van der Waals surface area contributed by atoms with Crippen LogP contribution in [0.15, 0.2) is 22.3 Å². The second-order valence-electron chi connectivity index (χ2n) is 7.94. The number of hydrogen-bond acceptors (Lipinski definition) is 5. The average Bonchev–Trinajstić information content (AvgIpc) is 3.29.